The highest BCUT2D eigenvalue weighted by atomic mass is 35.5. The Bertz CT molecular complexity index is 650. The van der Waals surface area contributed by atoms with E-state index in [-0.39, 0.29) is 0 Å². The van der Waals surface area contributed by atoms with Crippen LogP contribution in [0.2, 0.25) is 5.02 Å². The minimum absolute atomic E-state index is 0.367. The van der Waals surface area contributed by atoms with E-state index >= 15 is 0 Å². The minimum atomic E-state index is -0.715. The smallest absolute Gasteiger partial charge is 0.320 e. The molecule has 0 aromatic heterocycles. The van der Waals surface area contributed by atoms with Crippen molar-refractivity contribution in [1.29, 1.82) is 0 Å². The molecule has 1 saturated carbocycles. The Kier molecular flexibility index (Phi) is 4.31. The average molecular weight is 352 g/mol. The molecule has 3 atom stereocenters. The molecule has 0 radical (unpaired) electrons. The zero-order valence-electron chi connectivity index (χ0n) is 13.5. The summed E-state index contributed by atoms with van der Waals surface area (Å²) in [7, 11) is 0. The van der Waals surface area contributed by atoms with E-state index in [1.54, 1.807) is 0 Å². The number of ether oxygens (including phenoxy) is 2. The zero-order chi connectivity index (χ0) is 16.7. The maximum absolute atomic E-state index is 11.7. The number of carbonyl (C=O) groups is 1. The van der Waals surface area contributed by atoms with E-state index in [9.17, 15) is 9.90 Å². The summed E-state index contributed by atoms with van der Waals surface area (Å²) in [6.07, 6.45) is 5.40. The number of nitrogens with zero attached hydrogens (tertiary/aromatic N) is 1. The zero-order valence-corrected chi connectivity index (χ0v) is 14.3. The first-order valence-electron chi connectivity index (χ1n) is 8.70. The van der Waals surface area contributed by atoms with Crippen LogP contribution in [-0.2, 0) is 11.3 Å². The highest BCUT2D eigenvalue weighted by molar-refractivity contribution is 6.32. The van der Waals surface area contributed by atoms with Crippen LogP contribution in [0.25, 0.3) is 0 Å². The van der Waals surface area contributed by atoms with Gasteiger partial charge in [0.05, 0.1) is 5.02 Å². The van der Waals surface area contributed by atoms with Crippen molar-refractivity contribution in [3.8, 4) is 11.5 Å². The molecule has 5 nitrogen and oxygen atoms in total. The van der Waals surface area contributed by atoms with Crippen LogP contribution in [0.4, 0.5) is 0 Å². The summed E-state index contributed by atoms with van der Waals surface area (Å²) in [6.45, 7) is 1.61. The lowest BCUT2D eigenvalue weighted by atomic mass is 9.84. The predicted molar refractivity (Wildman–Crippen MR) is 89.8 cm³/mol. The van der Waals surface area contributed by atoms with Crippen molar-refractivity contribution in [1.82, 2.24) is 4.90 Å². The Morgan fingerprint density at radius 2 is 2.04 bits per heavy atom. The molecule has 0 spiro atoms. The van der Waals surface area contributed by atoms with Crippen LogP contribution in [0.15, 0.2) is 12.1 Å². The van der Waals surface area contributed by atoms with E-state index < -0.39 is 12.0 Å². The van der Waals surface area contributed by atoms with Gasteiger partial charge in [0, 0.05) is 12.6 Å². The molecule has 130 valence electrons. The number of carboxylic acid groups (broad SMARTS) is 1. The number of hydrogen-bond acceptors (Lipinski definition) is 4. The van der Waals surface area contributed by atoms with Gasteiger partial charge in [-0.15, -0.1) is 0 Å². The van der Waals surface area contributed by atoms with Crippen molar-refractivity contribution in [2.24, 2.45) is 5.92 Å². The lowest BCUT2D eigenvalue weighted by Crippen LogP contribution is -2.41. The van der Waals surface area contributed by atoms with Gasteiger partial charge in [0.2, 0.25) is 0 Å². The summed E-state index contributed by atoms with van der Waals surface area (Å²) in [4.78, 5) is 13.9. The quantitative estimate of drug-likeness (QED) is 0.905. The lowest BCUT2D eigenvalue weighted by molar-refractivity contribution is -0.142. The van der Waals surface area contributed by atoms with Crippen LogP contribution in [0.3, 0.4) is 0 Å². The molecular formula is C18H22ClNO4. The molecule has 1 aromatic carbocycles. The first-order chi connectivity index (χ1) is 11.6. The Labute approximate surface area is 146 Å². The number of halogens is 1. The third kappa shape index (κ3) is 2.84. The van der Waals surface area contributed by atoms with E-state index in [1.807, 2.05) is 12.1 Å². The van der Waals surface area contributed by atoms with E-state index in [2.05, 4.69) is 4.90 Å². The molecule has 6 heteroatoms. The van der Waals surface area contributed by atoms with Crippen molar-refractivity contribution in [3.05, 3.63) is 22.7 Å². The number of aliphatic carboxylic acids is 1. The fraction of sp³-hybridized carbons (Fsp3) is 0.611. The SMILES string of the molecule is O=C(O)[C@@H]1C[C@@H]2CCCC[C@H]2N1Cc1cc(Cl)c2c(c1)OCCO2. The van der Waals surface area contributed by atoms with Crippen molar-refractivity contribution >= 4 is 17.6 Å². The number of benzene rings is 1. The van der Waals surface area contributed by atoms with Gasteiger partial charge in [-0.1, -0.05) is 24.4 Å². The van der Waals surface area contributed by atoms with Gasteiger partial charge in [-0.3, -0.25) is 9.69 Å². The lowest BCUT2D eigenvalue weighted by Gasteiger charge is -2.33. The van der Waals surface area contributed by atoms with Crippen molar-refractivity contribution < 1.29 is 19.4 Å². The van der Waals surface area contributed by atoms with Crippen molar-refractivity contribution in [2.75, 3.05) is 13.2 Å². The maximum Gasteiger partial charge on any atom is 0.320 e. The van der Waals surface area contributed by atoms with Crippen LogP contribution in [0.1, 0.15) is 37.7 Å². The maximum atomic E-state index is 11.7. The van der Waals surface area contributed by atoms with Gasteiger partial charge in [0.15, 0.2) is 11.5 Å². The third-order valence-electron chi connectivity index (χ3n) is 5.53. The Morgan fingerprint density at radius 1 is 1.25 bits per heavy atom. The average Bonchev–Trinajstić information content (AvgIpc) is 2.94. The molecule has 4 rings (SSSR count). The predicted octanol–water partition coefficient (Wildman–Crippen LogP) is 3.33. The van der Waals surface area contributed by atoms with Crippen molar-refractivity contribution in [3.63, 3.8) is 0 Å². The number of likely N-dealkylation sites (tertiary alicyclic amines) is 1. The Morgan fingerprint density at radius 3 is 2.88 bits per heavy atom. The first kappa shape index (κ1) is 16.0. The number of carboxylic acids is 1. The fourth-order valence-corrected chi connectivity index (χ4v) is 4.78. The minimum Gasteiger partial charge on any atom is -0.486 e. The Hall–Kier alpha value is -1.46. The van der Waals surface area contributed by atoms with E-state index in [0.717, 1.165) is 24.8 Å². The standard InChI is InChI=1S/C18H22ClNO4/c19-13-7-11(8-16-17(13)24-6-5-23-16)10-20-14-4-2-1-3-12(14)9-15(20)18(21)22/h7-8,12,14-15H,1-6,9-10H2,(H,21,22)/t12-,14+,15-/m0/s1. The van der Waals surface area contributed by atoms with Crippen LogP contribution in [0, 0.1) is 5.92 Å². The highest BCUT2D eigenvalue weighted by Crippen LogP contribution is 2.42. The molecule has 0 unspecified atom stereocenters. The second kappa shape index (κ2) is 6.45. The summed E-state index contributed by atoms with van der Waals surface area (Å²) in [5, 5.41) is 10.2. The van der Waals surface area contributed by atoms with Gasteiger partial charge in [-0.05, 0) is 42.9 Å². The van der Waals surface area contributed by atoms with E-state index in [0.29, 0.717) is 48.2 Å². The monoisotopic (exact) mass is 351 g/mol. The largest absolute Gasteiger partial charge is 0.486 e. The molecule has 1 N–H and O–H groups in total. The van der Waals surface area contributed by atoms with Crippen LogP contribution in [-0.4, -0.2) is 41.3 Å². The van der Waals surface area contributed by atoms with Gasteiger partial charge in [0.25, 0.3) is 0 Å². The van der Waals surface area contributed by atoms with Crippen LogP contribution < -0.4 is 9.47 Å². The van der Waals surface area contributed by atoms with E-state index in [4.69, 9.17) is 21.1 Å². The molecule has 1 aromatic rings. The highest BCUT2D eigenvalue weighted by Gasteiger charge is 2.45. The van der Waals surface area contributed by atoms with Gasteiger partial charge in [-0.25, -0.2) is 0 Å². The van der Waals surface area contributed by atoms with E-state index in [1.165, 1.54) is 12.8 Å². The molecule has 1 aliphatic carbocycles. The van der Waals surface area contributed by atoms with Gasteiger partial charge in [0.1, 0.15) is 19.3 Å². The molecule has 0 amide bonds. The second-order valence-corrected chi connectivity index (χ2v) is 7.38. The summed E-state index contributed by atoms with van der Waals surface area (Å²) in [5.74, 6) is 1.05. The summed E-state index contributed by atoms with van der Waals surface area (Å²) in [5.41, 5.74) is 0.988. The molecule has 2 heterocycles. The topological polar surface area (TPSA) is 59.0 Å². The third-order valence-corrected chi connectivity index (χ3v) is 5.81. The van der Waals surface area contributed by atoms with Gasteiger partial charge in [-0.2, -0.15) is 0 Å². The summed E-state index contributed by atoms with van der Waals surface area (Å²) >= 11 is 6.33. The molecule has 2 aliphatic heterocycles. The summed E-state index contributed by atoms with van der Waals surface area (Å²) in [6, 6.07) is 3.79. The molecule has 0 bridgehead atoms. The van der Waals surface area contributed by atoms with Crippen LogP contribution >= 0.6 is 11.6 Å². The van der Waals surface area contributed by atoms with Crippen molar-refractivity contribution in [2.45, 2.75) is 50.7 Å². The molecular weight excluding hydrogens is 330 g/mol. The molecule has 3 aliphatic rings. The number of rotatable bonds is 3. The molecule has 2 fully saturated rings. The van der Waals surface area contributed by atoms with Gasteiger partial charge >= 0.3 is 5.97 Å². The summed E-state index contributed by atoms with van der Waals surface area (Å²) < 4.78 is 11.2. The first-order valence-corrected chi connectivity index (χ1v) is 9.08. The number of fused-ring (bicyclic) bond motifs is 2. The molecule has 24 heavy (non-hydrogen) atoms. The number of hydrogen-bond donors (Lipinski definition) is 1. The van der Waals surface area contributed by atoms with Gasteiger partial charge < -0.3 is 14.6 Å². The Balaban J connectivity index is 1.60. The fourth-order valence-electron chi connectivity index (χ4n) is 4.49. The molecule has 1 saturated heterocycles. The normalized spacial score (nSPS) is 29.3. The second-order valence-electron chi connectivity index (χ2n) is 6.98. The van der Waals surface area contributed by atoms with Crippen LogP contribution in [0.5, 0.6) is 11.5 Å².